The molecule has 3 aromatic rings. The Morgan fingerprint density at radius 3 is 1.44 bits per heavy atom. The number of hydrogen-bond donors (Lipinski definition) is 4. The number of amides is 2. The lowest BCUT2D eigenvalue weighted by Crippen LogP contribution is -2.25. The summed E-state index contributed by atoms with van der Waals surface area (Å²) in [6, 6.07) is 19.5. The number of aromatic hydroxyl groups is 2. The first-order valence-electron chi connectivity index (χ1n) is 10.1. The number of nitrogens with zero attached hydrogens (tertiary/aromatic N) is 2. The largest absolute Gasteiger partial charge is 0.507 e. The first-order valence-corrected chi connectivity index (χ1v) is 10.1. The molecule has 0 aliphatic carbocycles. The molecule has 0 radical (unpaired) electrons. The Balaban J connectivity index is 1.36. The molecule has 0 aliphatic heterocycles. The van der Waals surface area contributed by atoms with E-state index in [-0.39, 0.29) is 24.7 Å². The zero-order valence-electron chi connectivity index (χ0n) is 17.9. The third kappa shape index (κ3) is 7.68. The smallest absolute Gasteiger partial charge is 0.277 e. The molecule has 10 heteroatoms. The SMILES string of the molecule is O=C(COc1ccc(OCC(=O)N/N=C/c2ccccc2O)cc1)N/N=C/c1ccccc1O. The molecule has 0 unspecified atom stereocenters. The van der Waals surface area contributed by atoms with E-state index in [2.05, 4.69) is 21.1 Å². The van der Waals surface area contributed by atoms with Gasteiger partial charge in [0.15, 0.2) is 13.2 Å². The molecule has 0 fully saturated rings. The van der Waals surface area contributed by atoms with Crippen molar-refractivity contribution in [2.75, 3.05) is 13.2 Å². The molecule has 34 heavy (non-hydrogen) atoms. The molecule has 10 nitrogen and oxygen atoms in total. The number of carbonyl (C=O) groups excluding carboxylic acids is 2. The van der Waals surface area contributed by atoms with E-state index in [4.69, 9.17) is 9.47 Å². The van der Waals surface area contributed by atoms with Gasteiger partial charge in [-0.2, -0.15) is 10.2 Å². The van der Waals surface area contributed by atoms with Crippen LogP contribution >= 0.6 is 0 Å². The fourth-order valence-electron chi connectivity index (χ4n) is 2.54. The maximum absolute atomic E-state index is 11.8. The first kappa shape index (κ1) is 23.8. The fourth-order valence-corrected chi connectivity index (χ4v) is 2.54. The fraction of sp³-hybridized carbons (Fsp3) is 0.0833. The number of nitrogens with one attached hydrogen (secondary N) is 2. The number of hydrogen-bond acceptors (Lipinski definition) is 8. The highest BCUT2D eigenvalue weighted by Crippen LogP contribution is 2.17. The van der Waals surface area contributed by atoms with Gasteiger partial charge in [0.25, 0.3) is 11.8 Å². The van der Waals surface area contributed by atoms with Crippen molar-refractivity contribution < 1.29 is 29.3 Å². The lowest BCUT2D eigenvalue weighted by molar-refractivity contribution is -0.123. The van der Waals surface area contributed by atoms with Gasteiger partial charge in [0.05, 0.1) is 12.4 Å². The first-order chi connectivity index (χ1) is 16.5. The summed E-state index contributed by atoms with van der Waals surface area (Å²) in [5.74, 6) is -0.0117. The lowest BCUT2D eigenvalue weighted by Gasteiger charge is -2.08. The van der Waals surface area contributed by atoms with E-state index < -0.39 is 11.8 Å². The molecule has 0 aromatic heterocycles. The van der Waals surface area contributed by atoms with E-state index in [0.29, 0.717) is 22.6 Å². The average Bonchev–Trinajstić information content (AvgIpc) is 2.84. The van der Waals surface area contributed by atoms with Crippen molar-refractivity contribution in [3.63, 3.8) is 0 Å². The van der Waals surface area contributed by atoms with Gasteiger partial charge in [0.1, 0.15) is 23.0 Å². The molecule has 4 N–H and O–H groups in total. The average molecular weight is 462 g/mol. The van der Waals surface area contributed by atoms with Crippen LogP contribution in [-0.4, -0.2) is 47.7 Å². The van der Waals surface area contributed by atoms with Crippen molar-refractivity contribution in [2.24, 2.45) is 10.2 Å². The topological polar surface area (TPSA) is 142 Å². The van der Waals surface area contributed by atoms with Gasteiger partial charge >= 0.3 is 0 Å². The van der Waals surface area contributed by atoms with Crippen molar-refractivity contribution >= 4 is 24.2 Å². The van der Waals surface area contributed by atoms with Gasteiger partial charge in [0.2, 0.25) is 0 Å². The number of phenols is 2. The summed E-state index contributed by atoms with van der Waals surface area (Å²) in [7, 11) is 0. The van der Waals surface area contributed by atoms with Crippen molar-refractivity contribution in [1.29, 1.82) is 0 Å². The van der Waals surface area contributed by atoms with Crippen LogP contribution in [0.5, 0.6) is 23.0 Å². The molecule has 174 valence electrons. The van der Waals surface area contributed by atoms with Crippen molar-refractivity contribution in [3.05, 3.63) is 83.9 Å². The molecule has 0 bridgehead atoms. The van der Waals surface area contributed by atoms with Gasteiger partial charge in [-0.15, -0.1) is 0 Å². The van der Waals surface area contributed by atoms with Crippen LogP contribution < -0.4 is 20.3 Å². The van der Waals surface area contributed by atoms with Crippen molar-refractivity contribution in [3.8, 4) is 23.0 Å². The van der Waals surface area contributed by atoms with Gasteiger partial charge in [-0.25, -0.2) is 10.9 Å². The molecule has 0 saturated heterocycles. The maximum atomic E-state index is 11.8. The Kier molecular flexibility index (Phi) is 8.57. The van der Waals surface area contributed by atoms with Gasteiger partial charge in [-0.05, 0) is 48.5 Å². The van der Waals surface area contributed by atoms with Crippen molar-refractivity contribution in [2.45, 2.75) is 0 Å². The Bertz CT molecular complexity index is 1090. The summed E-state index contributed by atoms with van der Waals surface area (Å²) in [4.78, 5) is 23.6. The molecular formula is C24H22N4O6. The van der Waals surface area contributed by atoms with E-state index in [1.54, 1.807) is 60.7 Å². The Morgan fingerprint density at radius 1 is 0.676 bits per heavy atom. The highest BCUT2D eigenvalue weighted by atomic mass is 16.5. The third-order valence-electron chi connectivity index (χ3n) is 4.22. The highest BCUT2D eigenvalue weighted by Gasteiger charge is 2.05. The maximum Gasteiger partial charge on any atom is 0.277 e. The van der Waals surface area contributed by atoms with E-state index in [1.807, 2.05) is 0 Å². The molecule has 0 aliphatic rings. The molecule has 0 heterocycles. The second-order valence-corrected chi connectivity index (χ2v) is 6.75. The van der Waals surface area contributed by atoms with Gasteiger partial charge in [-0.3, -0.25) is 9.59 Å². The number of carbonyl (C=O) groups is 2. The van der Waals surface area contributed by atoms with Crippen LogP contribution in [0.25, 0.3) is 0 Å². The lowest BCUT2D eigenvalue weighted by atomic mass is 10.2. The number of ether oxygens (including phenoxy) is 2. The second kappa shape index (κ2) is 12.2. The van der Waals surface area contributed by atoms with Gasteiger partial charge in [0, 0.05) is 11.1 Å². The number of hydrazone groups is 2. The van der Waals surface area contributed by atoms with E-state index in [9.17, 15) is 19.8 Å². The van der Waals surface area contributed by atoms with Crippen LogP contribution in [0, 0.1) is 0 Å². The van der Waals surface area contributed by atoms with Gasteiger partial charge < -0.3 is 19.7 Å². The summed E-state index contributed by atoms with van der Waals surface area (Å²) in [5, 5.41) is 26.8. The zero-order chi connectivity index (χ0) is 24.2. The molecule has 0 spiro atoms. The molecule has 0 atom stereocenters. The second-order valence-electron chi connectivity index (χ2n) is 6.75. The molecular weight excluding hydrogens is 440 g/mol. The van der Waals surface area contributed by atoms with E-state index in [1.165, 1.54) is 24.6 Å². The number of benzene rings is 3. The Hall–Kier alpha value is -4.86. The molecule has 0 saturated carbocycles. The standard InChI is InChI=1S/C24H22N4O6/c29-21-7-3-1-5-17(21)13-25-27-23(31)15-33-19-9-11-20(12-10-19)34-16-24(32)28-26-14-18-6-2-4-8-22(18)30/h1-14,29-30H,15-16H2,(H,27,31)(H,28,32)/b25-13+,26-14+. The van der Waals surface area contributed by atoms with Crippen LogP contribution in [0.4, 0.5) is 0 Å². The zero-order valence-corrected chi connectivity index (χ0v) is 17.9. The van der Waals surface area contributed by atoms with Crippen LogP contribution in [0.15, 0.2) is 83.0 Å². The van der Waals surface area contributed by atoms with Crippen LogP contribution in [0.2, 0.25) is 0 Å². The Labute approximate surface area is 195 Å². The van der Waals surface area contributed by atoms with E-state index in [0.717, 1.165) is 0 Å². The minimum Gasteiger partial charge on any atom is -0.507 e. The van der Waals surface area contributed by atoms with Crippen LogP contribution in [-0.2, 0) is 9.59 Å². The van der Waals surface area contributed by atoms with Crippen molar-refractivity contribution in [1.82, 2.24) is 10.9 Å². The Morgan fingerprint density at radius 2 is 1.06 bits per heavy atom. The van der Waals surface area contributed by atoms with Crippen LogP contribution in [0.3, 0.4) is 0 Å². The van der Waals surface area contributed by atoms with Crippen LogP contribution in [0.1, 0.15) is 11.1 Å². The minimum absolute atomic E-state index is 0.0525. The molecule has 2 amide bonds. The summed E-state index contributed by atoms with van der Waals surface area (Å²) in [5.41, 5.74) is 5.54. The molecule has 3 rings (SSSR count). The predicted molar refractivity (Wildman–Crippen MR) is 125 cm³/mol. The predicted octanol–water partition coefficient (Wildman–Crippen LogP) is 2.16. The normalized spacial score (nSPS) is 10.8. The number of phenolic OH excluding ortho intramolecular Hbond substituents is 2. The molecule has 3 aromatic carbocycles. The van der Waals surface area contributed by atoms with E-state index >= 15 is 0 Å². The number of para-hydroxylation sites is 2. The monoisotopic (exact) mass is 462 g/mol. The summed E-state index contributed by atoms with van der Waals surface area (Å²) >= 11 is 0. The minimum atomic E-state index is -0.479. The number of rotatable bonds is 10. The van der Waals surface area contributed by atoms with Gasteiger partial charge in [-0.1, -0.05) is 24.3 Å². The third-order valence-corrected chi connectivity index (χ3v) is 4.22. The highest BCUT2D eigenvalue weighted by molar-refractivity contribution is 5.86. The quantitative estimate of drug-likeness (QED) is 0.269. The summed E-state index contributed by atoms with van der Waals surface area (Å²) in [6.07, 6.45) is 2.65. The summed E-state index contributed by atoms with van der Waals surface area (Å²) in [6.45, 7) is -0.536. The summed E-state index contributed by atoms with van der Waals surface area (Å²) < 4.78 is 10.7.